The fraction of sp³-hybridized carbons (Fsp3) is 0.562. The van der Waals surface area contributed by atoms with E-state index in [4.69, 9.17) is 0 Å². The first kappa shape index (κ1) is 13.7. The van der Waals surface area contributed by atoms with Crippen molar-refractivity contribution in [2.24, 2.45) is 11.8 Å². The van der Waals surface area contributed by atoms with Crippen LogP contribution >= 0.6 is 0 Å². The molecule has 0 amide bonds. The lowest BCUT2D eigenvalue weighted by molar-refractivity contribution is 0.258. The first-order valence-corrected chi connectivity index (χ1v) is 8.02. The predicted molar refractivity (Wildman–Crippen MR) is 85.1 cm³/mol. The van der Waals surface area contributed by atoms with Crippen molar-refractivity contribution in [3.63, 3.8) is 0 Å². The normalized spacial score (nSPS) is 25.1. The molecule has 4 heterocycles. The van der Waals surface area contributed by atoms with Gasteiger partial charge in [0.15, 0.2) is 5.82 Å². The molecule has 2 unspecified atom stereocenters. The molecule has 116 valence electrons. The molecule has 2 aromatic heterocycles. The van der Waals surface area contributed by atoms with Gasteiger partial charge < -0.3 is 9.80 Å². The zero-order chi connectivity index (χ0) is 15.1. The van der Waals surface area contributed by atoms with Gasteiger partial charge in [-0.3, -0.25) is 0 Å². The molecule has 6 heteroatoms. The zero-order valence-corrected chi connectivity index (χ0v) is 13.1. The monoisotopic (exact) mass is 298 g/mol. The minimum Gasteiger partial charge on any atom is -0.356 e. The summed E-state index contributed by atoms with van der Waals surface area (Å²) in [5, 5.41) is 4.24. The Morgan fingerprint density at radius 2 is 1.77 bits per heavy atom. The number of anilines is 1. The van der Waals surface area contributed by atoms with Crippen molar-refractivity contribution < 1.29 is 0 Å². The third kappa shape index (κ3) is 2.37. The Bertz CT molecular complexity index is 624. The smallest absolute Gasteiger partial charge is 0.158 e. The topological polar surface area (TPSA) is 50.1 Å². The summed E-state index contributed by atoms with van der Waals surface area (Å²) in [6, 6.07) is 4.60. The van der Waals surface area contributed by atoms with E-state index in [1.54, 1.807) is 17.2 Å². The van der Waals surface area contributed by atoms with Crippen molar-refractivity contribution in [1.82, 2.24) is 24.6 Å². The Morgan fingerprint density at radius 1 is 1.05 bits per heavy atom. The quantitative estimate of drug-likeness (QED) is 0.858. The maximum Gasteiger partial charge on any atom is 0.158 e. The van der Waals surface area contributed by atoms with Crippen molar-refractivity contribution in [3.05, 3.63) is 30.9 Å². The largest absolute Gasteiger partial charge is 0.356 e. The molecule has 4 rings (SSSR count). The number of hydrogen-bond donors (Lipinski definition) is 0. The minimum atomic E-state index is 0.657. The van der Waals surface area contributed by atoms with Crippen LogP contribution in [0.1, 0.15) is 13.8 Å². The summed E-state index contributed by atoms with van der Waals surface area (Å²) >= 11 is 0. The Labute approximate surface area is 130 Å². The zero-order valence-electron chi connectivity index (χ0n) is 13.1. The van der Waals surface area contributed by atoms with Gasteiger partial charge in [0.05, 0.1) is 0 Å². The Kier molecular flexibility index (Phi) is 3.33. The first-order chi connectivity index (χ1) is 10.7. The summed E-state index contributed by atoms with van der Waals surface area (Å²) < 4.78 is 1.78. The first-order valence-electron chi connectivity index (χ1n) is 8.02. The van der Waals surface area contributed by atoms with Crippen molar-refractivity contribution in [2.75, 3.05) is 31.1 Å². The highest BCUT2D eigenvalue weighted by atomic mass is 15.3. The molecule has 0 aromatic carbocycles. The SMILES string of the molecule is CC(C)N1CC2CN(c3cc(-n4cccn4)ncn3)CC2C1. The van der Waals surface area contributed by atoms with Gasteiger partial charge >= 0.3 is 0 Å². The molecule has 0 bridgehead atoms. The molecule has 2 aliphatic heterocycles. The maximum atomic E-state index is 4.47. The molecule has 2 aromatic rings. The lowest BCUT2D eigenvalue weighted by Gasteiger charge is -2.24. The van der Waals surface area contributed by atoms with Crippen LogP contribution in [0.2, 0.25) is 0 Å². The third-order valence-corrected chi connectivity index (χ3v) is 4.95. The van der Waals surface area contributed by atoms with Crippen LogP contribution in [0.5, 0.6) is 0 Å². The minimum absolute atomic E-state index is 0.657. The average Bonchev–Trinajstić information content (AvgIpc) is 3.22. The van der Waals surface area contributed by atoms with Crippen molar-refractivity contribution in [3.8, 4) is 5.82 Å². The number of rotatable bonds is 3. The molecule has 6 nitrogen and oxygen atoms in total. The van der Waals surface area contributed by atoms with Crippen LogP contribution in [0, 0.1) is 11.8 Å². The van der Waals surface area contributed by atoms with Gasteiger partial charge in [0.25, 0.3) is 0 Å². The Morgan fingerprint density at radius 3 is 2.41 bits per heavy atom. The number of hydrogen-bond acceptors (Lipinski definition) is 5. The van der Waals surface area contributed by atoms with Crippen LogP contribution in [-0.4, -0.2) is 56.9 Å². The molecule has 2 aliphatic rings. The molecule has 0 aliphatic carbocycles. The predicted octanol–water partition coefficient (Wildman–Crippen LogP) is 1.44. The molecular formula is C16H22N6. The Hall–Kier alpha value is -1.95. The number of likely N-dealkylation sites (tertiary alicyclic amines) is 1. The number of nitrogens with zero attached hydrogens (tertiary/aromatic N) is 6. The van der Waals surface area contributed by atoms with Crippen LogP contribution in [0.3, 0.4) is 0 Å². The van der Waals surface area contributed by atoms with Crippen molar-refractivity contribution >= 4 is 5.82 Å². The second-order valence-electron chi connectivity index (χ2n) is 6.66. The molecule has 2 saturated heterocycles. The van der Waals surface area contributed by atoms with E-state index in [1.165, 1.54) is 13.1 Å². The fourth-order valence-corrected chi connectivity index (χ4v) is 3.68. The summed E-state index contributed by atoms with van der Waals surface area (Å²) in [6.45, 7) is 9.22. The average molecular weight is 298 g/mol. The molecule has 0 radical (unpaired) electrons. The Balaban J connectivity index is 1.50. The molecule has 2 atom stereocenters. The summed E-state index contributed by atoms with van der Waals surface area (Å²) in [5.74, 6) is 3.39. The van der Waals surface area contributed by atoms with E-state index in [0.29, 0.717) is 6.04 Å². The maximum absolute atomic E-state index is 4.47. The van der Waals surface area contributed by atoms with Gasteiger partial charge in [-0.05, 0) is 31.7 Å². The van der Waals surface area contributed by atoms with E-state index in [9.17, 15) is 0 Å². The van der Waals surface area contributed by atoms with Gasteiger partial charge in [0.1, 0.15) is 12.1 Å². The number of aromatic nitrogens is 4. The van der Waals surface area contributed by atoms with E-state index in [1.807, 2.05) is 18.3 Å². The lowest BCUT2D eigenvalue weighted by Crippen LogP contribution is -2.33. The second-order valence-corrected chi connectivity index (χ2v) is 6.66. The van der Waals surface area contributed by atoms with Gasteiger partial charge in [-0.15, -0.1) is 0 Å². The van der Waals surface area contributed by atoms with Crippen molar-refractivity contribution in [1.29, 1.82) is 0 Å². The molecular weight excluding hydrogens is 276 g/mol. The van der Waals surface area contributed by atoms with Crippen LogP contribution in [0.4, 0.5) is 5.82 Å². The summed E-state index contributed by atoms with van der Waals surface area (Å²) in [4.78, 5) is 13.8. The summed E-state index contributed by atoms with van der Waals surface area (Å²) in [7, 11) is 0. The highest BCUT2D eigenvalue weighted by Gasteiger charge is 2.40. The lowest BCUT2D eigenvalue weighted by atomic mass is 10.0. The number of fused-ring (bicyclic) bond motifs is 1. The molecule has 0 spiro atoms. The van der Waals surface area contributed by atoms with Crippen LogP contribution in [-0.2, 0) is 0 Å². The molecule has 0 saturated carbocycles. The van der Waals surface area contributed by atoms with E-state index in [2.05, 4.69) is 38.7 Å². The van der Waals surface area contributed by atoms with Crippen LogP contribution in [0.25, 0.3) is 5.82 Å². The third-order valence-electron chi connectivity index (χ3n) is 4.95. The van der Waals surface area contributed by atoms with E-state index in [-0.39, 0.29) is 0 Å². The van der Waals surface area contributed by atoms with Crippen molar-refractivity contribution in [2.45, 2.75) is 19.9 Å². The van der Waals surface area contributed by atoms with E-state index < -0.39 is 0 Å². The standard InChI is InChI=1S/C16H22N6/c1-12(2)20-7-13-9-21(10-14(13)8-20)15-6-16(18-11-17-15)22-5-3-4-19-22/h3-6,11-14H,7-10H2,1-2H3. The van der Waals surface area contributed by atoms with E-state index in [0.717, 1.165) is 36.6 Å². The highest BCUT2D eigenvalue weighted by Crippen LogP contribution is 2.34. The highest BCUT2D eigenvalue weighted by molar-refractivity contribution is 5.44. The molecule has 0 N–H and O–H groups in total. The van der Waals surface area contributed by atoms with E-state index >= 15 is 0 Å². The van der Waals surface area contributed by atoms with Crippen LogP contribution < -0.4 is 4.90 Å². The van der Waals surface area contributed by atoms with Crippen LogP contribution in [0.15, 0.2) is 30.9 Å². The second kappa shape index (κ2) is 5.35. The van der Waals surface area contributed by atoms with Gasteiger partial charge in [0, 0.05) is 50.7 Å². The molecule has 22 heavy (non-hydrogen) atoms. The van der Waals surface area contributed by atoms with Gasteiger partial charge in [0.2, 0.25) is 0 Å². The summed E-state index contributed by atoms with van der Waals surface area (Å²) in [5.41, 5.74) is 0. The molecule has 2 fully saturated rings. The summed E-state index contributed by atoms with van der Waals surface area (Å²) in [6.07, 6.45) is 5.31. The fourth-order valence-electron chi connectivity index (χ4n) is 3.68. The van der Waals surface area contributed by atoms with Gasteiger partial charge in [-0.2, -0.15) is 5.10 Å². The van der Waals surface area contributed by atoms with Gasteiger partial charge in [-0.25, -0.2) is 14.6 Å². The van der Waals surface area contributed by atoms with Gasteiger partial charge in [-0.1, -0.05) is 0 Å².